The number of carbonyl (C=O) groups excluding carboxylic acids is 1. The number of methoxy groups -OCH3 is 1. The van der Waals surface area contributed by atoms with Crippen LogP contribution in [-0.2, 0) is 6.54 Å². The van der Waals surface area contributed by atoms with Crippen molar-refractivity contribution in [1.29, 1.82) is 0 Å². The van der Waals surface area contributed by atoms with Crippen LogP contribution >= 0.6 is 0 Å². The average molecular weight is 263 g/mol. The van der Waals surface area contributed by atoms with Crippen LogP contribution < -0.4 is 20.7 Å². The highest BCUT2D eigenvalue weighted by molar-refractivity contribution is 5.73. The van der Waals surface area contributed by atoms with E-state index in [0.717, 1.165) is 24.3 Å². The summed E-state index contributed by atoms with van der Waals surface area (Å²) in [5.74, 6) is 0.792. The molecule has 1 aliphatic heterocycles. The first-order chi connectivity index (χ1) is 9.29. The second-order valence-corrected chi connectivity index (χ2v) is 4.67. The van der Waals surface area contributed by atoms with E-state index in [1.54, 1.807) is 7.11 Å². The first-order valence-electron chi connectivity index (χ1n) is 6.66. The molecule has 104 valence electrons. The Bertz CT molecular complexity index is 417. The SMILES string of the molecule is COc1ccccc1CNC(=O)NCC1CCCN1. The Labute approximate surface area is 113 Å². The number of hydrogen-bond donors (Lipinski definition) is 3. The maximum absolute atomic E-state index is 11.7. The van der Waals surface area contributed by atoms with Gasteiger partial charge in [-0.1, -0.05) is 18.2 Å². The lowest BCUT2D eigenvalue weighted by Gasteiger charge is -2.13. The molecule has 1 aromatic carbocycles. The summed E-state index contributed by atoms with van der Waals surface area (Å²) in [6, 6.07) is 7.94. The van der Waals surface area contributed by atoms with Crippen molar-refractivity contribution in [2.45, 2.75) is 25.4 Å². The Balaban J connectivity index is 1.73. The van der Waals surface area contributed by atoms with Crippen molar-refractivity contribution in [3.05, 3.63) is 29.8 Å². The fourth-order valence-corrected chi connectivity index (χ4v) is 2.23. The molecule has 1 atom stereocenters. The zero-order valence-electron chi connectivity index (χ0n) is 11.2. The average Bonchev–Trinajstić information content (AvgIpc) is 2.96. The van der Waals surface area contributed by atoms with Crippen LogP contribution in [0.2, 0.25) is 0 Å². The molecular weight excluding hydrogens is 242 g/mol. The van der Waals surface area contributed by atoms with Crippen LogP contribution in [0.15, 0.2) is 24.3 Å². The molecule has 5 nitrogen and oxygen atoms in total. The van der Waals surface area contributed by atoms with Crippen molar-refractivity contribution in [2.75, 3.05) is 20.2 Å². The minimum absolute atomic E-state index is 0.139. The quantitative estimate of drug-likeness (QED) is 0.749. The number of nitrogens with one attached hydrogen (secondary N) is 3. The summed E-state index contributed by atoms with van der Waals surface area (Å²) in [5.41, 5.74) is 0.971. The lowest BCUT2D eigenvalue weighted by molar-refractivity contribution is 0.239. The third-order valence-corrected chi connectivity index (χ3v) is 3.30. The number of carbonyl (C=O) groups is 1. The molecule has 2 rings (SSSR count). The van der Waals surface area contributed by atoms with Crippen LogP contribution in [0.25, 0.3) is 0 Å². The predicted octanol–water partition coefficient (Wildman–Crippen LogP) is 1.25. The van der Waals surface area contributed by atoms with Gasteiger partial charge in [-0.25, -0.2) is 4.79 Å². The minimum atomic E-state index is -0.139. The van der Waals surface area contributed by atoms with Gasteiger partial charge in [-0.15, -0.1) is 0 Å². The molecular formula is C14H21N3O2. The number of hydrogen-bond acceptors (Lipinski definition) is 3. The van der Waals surface area contributed by atoms with E-state index < -0.39 is 0 Å². The number of rotatable bonds is 5. The van der Waals surface area contributed by atoms with E-state index in [1.807, 2.05) is 24.3 Å². The molecule has 0 saturated carbocycles. The summed E-state index contributed by atoms with van der Waals surface area (Å²) in [5, 5.41) is 9.06. The molecule has 1 aliphatic rings. The fourth-order valence-electron chi connectivity index (χ4n) is 2.23. The van der Waals surface area contributed by atoms with Crippen LogP contribution in [-0.4, -0.2) is 32.3 Å². The van der Waals surface area contributed by atoms with Crippen LogP contribution in [0.5, 0.6) is 5.75 Å². The topological polar surface area (TPSA) is 62.4 Å². The molecule has 0 radical (unpaired) electrons. The van der Waals surface area contributed by atoms with Gasteiger partial charge in [0.1, 0.15) is 5.75 Å². The summed E-state index contributed by atoms with van der Waals surface area (Å²) >= 11 is 0. The van der Waals surface area contributed by atoms with Gasteiger partial charge < -0.3 is 20.7 Å². The summed E-state index contributed by atoms with van der Waals surface area (Å²) in [7, 11) is 1.63. The minimum Gasteiger partial charge on any atom is -0.496 e. The van der Waals surface area contributed by atoms with Gasteiger partial charge >= 0.3 is 6.03 Å². The van der Waals surface area contributed by atoms with E-state index in [4.69, 9.17) is 4.74 Å². The summed E-state index contributed by atoms with van der Waals surface area (Å²) < 4.78 is 5.24. The Morgan fingerprint density at radius 1 is 1.42 bits per heavy atom. The second kappa shape index (κ2) is 6.99. The molecule has 1 heterocycles. The molecule has 0 aliphatic carbocycles. The van der Waals surface area contributed by atoms with E-state index in [1.165, 1.54) is 6.42 Å². The van der Waals surface area contributed by atoms with Crippen LogP contribution in [0.1, 0.15) is 18.4 Å². The van der Waals surface area contributed by atoms with E-state index in [9.17, 15) is 4.79 Å². The molecule has 19 heavy (non-hydrogen) atoms. The molecule has 1 saturated heterocycles. The third-order valence-electron chi connectivity index (χ3n) is 3.30. The van der Waals surface area contributed by atoms with Gasteiger partial charge in [0.2, 0.25) is 0 Å². The van der Waals surface area contributed by atoms with Crippen molar-refractivity contribution in [1.82, 2.24) is 16.0 Å². The molecule has 2 amide bonds. The van der Waals surface area contributed by atoms with Crippen LogP contribution in [0.4, 0.5) is 4.79 Å². The largest absolute Gasteiger partial charge is 0.496 e. The van der Waals surface area contributed by atoms with Crippen molar-refractivity contribution < 1.29 is 9.53 Å². The smallest absolute Gasteiger partial charge is 0.315 e. The van der Waals surface area contributed by atoms with Crippen molar-refractivity contribution in [3.63, 3.8) is 0 Å². The molecule has 1 aromatic rings. The molecule has 3 N–H and O–H groups in total. The number of urea groups is 1. The van der Waals surface area contributed by atoms with Crippen molar-refractivity contribution in [2.24, 2.45) is 0 Å². The van der Waals surface area contributed by atoms with Crippen molar-refractivity contribution in [3.8, 4) is 5.75 Å². The van der Waals surface area contributed by atoms with E-state index >= 15 is 0 Å². The van der Waals surface area contributed by atoms with Gasteiger partial charge in [0.05, 0.1) is 7.11 Å². The standard InChI is InChI=1S/C14H21N3O2/c1-19-13-7-3-2-5-11(13)9-16-14(18)17-10-12-6-4-8-15-12/h2-3,5,7,12,15H,4,6,8-10H2,1H3,(H2,16,17,18). The zero-order valence-corrected chi connectivity index (χ0v) is 11.2. The monoisotopic (exact) mass is 263 g/mol. The third kappa shape index (κ3) is 4.13. The van der Waals surface area contributed by atoms with Crippen molar-refractivity contribution >= 4 is 6.03 Å². The van der Waals surface area contributed by atoms with Gasteiger partial charge in [0, 0.05) is 24.7 Å². The molecule has 0 bridgehead atoms. The lowest BCUT2D eigenvalue weighted by atomic mass is 10.2. The molecule has 0 aromatic heterocycles. The van der Waals surface area contributed by atoms with Gasteiger partial charge in [0.15, 0.2) is 0 Å². The van der Waals surface area contributed by atoms with E-state index in [2.05, 4.69) is 16.0 Å². The number of para-hydroxylation sites is 1. The first-order valence-corrected chi connectivity index (χ1v) is 6.66. The van der Waals surface area contributed by atoms with Gasteiger partial charge in [-0.2, -0.15) is 0 Å². The Morgan fingerprint density at radius 2 is 2.26 bits per heavy atom. The Kier molecular flexibility index (Phi) is 5.03. The van der Waals surface area contributed by atoms with E-state index in [-0.39, 0.29) is 6.03 Å². The maximum Gasteiger partial charge on any atom is 0.315 e. The summed E-state index contributed by atoms with van der Waals surface area (Å²) in [6.45, 7) is 2.20. The van der Waals surface area contributed by atoms with E-state index in [0.29, 0.717) is 19.1 Å². The first kappa shape index (κ1) is 13.7. The van der Waals surface area contributed by atoms with Gasteiger partial charge in [0.25, 0.3) is 0 Å². The Hall–Kier alpha value is -1.75. The van der Waals surface area contributed by atoms with Gasteiger partial charge in [-0.05, 0) is 25.5 Å². The predicted molar refractivity (Wildman–Crippen MR) is 74.3 cm³/mol. The molecule has 5 heteroatoms. The summed E-state index contributed by atoms with van der Waals surface area (Å²) in [6.07, 6.45) is 2.32. The zero-order chi connectivity index (χ0) is 13.5. The number of amides is 2. The molecule has 0 spiro atoms. The van der Waals surface area contributed by atoms with Crippen LogP contribution in [0, 0.1) is 0 Å². The lowest BCUT2D eigenvalue weighted by Crippen LogP contribution is -2.42. The maximum atomic E-state index is 11.7. The highest BCUT2D eigenvalue weighted by atomic mass is 16.5. The molecule has 1 unspecified atom stereocenters. The highest BCUT2D eigenvalue weighted by Gasteiger charge is 2.14. The van der Waals surface area contributed by atoms with Gasteiger partial charge in [-0.3, -0.25) is 0 Å². The molecule has 1 fully saturated rings. The summed E-state index contributed by atoms with van der Waals surface area (Å²) in [4.78, 5) is 11.7. The number of ether oxygens (including phenoxy) is 1. The fraction of sp³-hybridized carbons (Fsp3) is 0.500. The number of benzene rings is 1. The Morgan fingerprint density at radius 3 is 3.00 bits per heavy atom. The highest BCUT2D eigenvalue weighted by Crippen LogP contribution is 2.16. The second-order valence-electron chi connectivity index (χ2n) is 4.67. The van der Waals surface area contributed by atoms with Crippen LogP contribution in [0.3, 0.4) is 0 Å². The normalized spacial score (nSPS) is 18.1.